The zero-order chi connectivity index (χ0) is 29.6. The lowest BCUT2D eigenvalue weighted by Crippen LogP contribution is -2.61. The number of ether oxygens (including phenoxy) is 2. The van der Waals surface area contributed by atoms with Gasteiger partial charge >= 0.3 is 14.6 Å². The van der Waals surface area contributed by atoms with Crippen LogP contribution in [0.1, 0.15) is 11.7 Å². The van der Waals surface area contributed by atoms with E-state index in [1.165, 1.54) is 12.6 Å². The Morgan fingerprint density at radius 2 is 1.80 bits per heavy atom. The molecule has 2 fully saturated rings. The van der Waals surface area contributed by atoms with Gasteiger partial charge in [-0.15, -0.1) is 0 Å². The van der Waals surface area contributed by atoms with Crippen molar-refractivity contribution in [2.24, 2.45) is 5.73 Å². The minimum Gasteiger partial charge on any atom is -0.458 e. The number of nitrogens with zero attached hydrogens (tertiary/aromatic N) is 2. The van der Waals surface area contributed by atoms with E-state index >= 15 is 0 Å². The van der Waals surface area contributed by atoms with Crippen LogP contribution in [0.5, 0.6) is 0 Å². The summed E-state index contributed by atoms with van der Waals surface area (Å²) < 4.78 is 55.3. The highest BCUT2D eigenvalue weighted by molar-refractivity contribution is 8.45. The molecule has 22 heteroatoms. The smallest absolute Gasteiger partial charge is 0.458 e. The second-order valence-electron chi connectivity index (χ2n) is 8.90. The number of thiol groups is 1. The van der Waals surface area contributed by atoms with Gasteiger partial charge in [-0.05, 0) is 0 Å². The van der Waals surface area contributed by atoms with Crippen LogP contribution in [0, 0.1) is 0 Å². The molecule has 40 heavy (non-hydrogen) atoms. The Labute approximate surface area is 229 Å². The molecule has 19 nitrogen and oxygen atoms in total. The minimum absolute atomic E-state index is 0.0497. The predicted octanol–water partition coefficient (Wildman–Crippen LogP) is -2.72. The molecule has 2 aliphatic rings. The van der Waals surface area contributed by atoms with Gasteiger partial charge in [0.25, 0.3) is 0 Å². The number of phosphoric acid groups is 1. The molecule has 2 saturated heterocycles. The summed E-state index contributed by atoms with van der Waals surface area (Å²) in [7, 11) is -5.45. The SMILES string of the molecule is Nc1ncnc2c([C@@H]3O[C@H](COP(=O)(S)OP(=O)(O)OC4OC([C@@H](O)CO)C(O)C(O)C4O)[C@@H](N)[C@H]3O)coc12. The Morgan fingerprint density at radius 1 is 1.10 bits per heavy atom. The molecule has 0 amide bonds. The number of hydrogen-bond donors (Lipinski definition) is 10. The molecule has 0 saturated carbocycles. The molecule has 11 N–H and O–H groups in total. The van der Waals surface area contributed by atoms with Gasteiger partial charge in [0.1, 0.15) is 60.7 Å². The molecular weight excluding hydrogens is 606 g/mol. The van der Waals surface area contributed by atoms with Gasteiger partial charge in [-0.25, -0.2) is 19.1 Å². The van der Waals surface area contributed by atoms with Crippen molar-refractivity contribution < 1.29 is 71.9 Å². The maximum atomic E-state index is 12.7. The quantitative estimate of drug-likeness (QED) is 0.0937. The van der Waals surface area contributed by atoms with Gasteiger partial charge < -0.3 is 60.9 Å². The first-order valence-corrected chi connectivity index (χ1v) is 15.6. The van der Waals surface area contributed by atoms with E-state index in [2.05, 4.69) is 31.1 Å². The van der Waals surface area contributed by atoms with Crippen molar-refractivity contribution >= 4 is 43.8 Å². The molecule has 4 rings (SSSR count). The highest BCUT2D eigenvalue weighted by Crippen LogP contribution is 2.66. The van der Waals surface area contributed by atoms with E-state index in [-0.39, 0.29) is 22.5 Å². The highest BCUT2D eigenvalue weighted by Gasteiger charge is 2.50. The monoisotopic (exact) mass is 634 g/mol. The van der Waals surface area contributed by atoms with Crippen molar-refractivity contribution in [3.8, 4) is 0 Å². The second kappa shape index (κ2) is 12.1. The molecule has 0 spiro atoms. The van der Waals surface area contributed by atoms with Gasteiger partial charge in [-0.1, -0.05) is 12.2 Å². The van der Waals surface area contributed by atoms with Gasteiger partial charge in [0, 0.05) is 5.56 Å². The summed E-state index contributed by atoms with van der Waals surface area (Å²) in [5.41, 5.74) is 12.4. The molecule has 12 atom stereocenters. The van der Waals surface area contributed by atoms with Crippen LogP contribution in [0.2, 0.25) is 0 Å². The highest BCUT2D eigenvalue weighted by atomic mass is 32.7. The van der Waals surface area contributed by atoms with Crippen molar-refractivity contribution in [2.75, 3.05) is 18.9 Å². The first kappa shape index (κ1) is 31.6. The number of hydrogen-bond acceptors (Lipinski definition) is 18. The number of anilines is 1. The summed E-state index contributed by atoms with van der Waals surface area (Å²) in [6.07, 6.45) is -12.9. The average molecular weight is 634 g/mol. The van der Waals surface area contributed by atoms with Gasteiger partial charge in [-0.3, -0.25) is 9.05 Å². The molecule has 0 aliphatic carbocycles. The van der Waals surface area contributed by atoms with Crippen molar-refractivity contribution in [1.29, 1.82) is 0 Å². The lowest BCUT2D eigenvalue weighted by Gasteiger charge is -2.41. The normalized spacial score (nSPS) is 36.8. The van der Waals surface area contributed by atoms with E-state index in [4.69, 9.17) is 35.0 Å². The fourth-order valence-corrected chi connectivity index (χ4v) is 7.32. The van der Waals surface area contributed by atoms with Crippen LogP contribution in [0.4, 0.5) is 5.82 Å². The Morgan fingerprint density at radius 3 is 2.48 bits per heavy atom. The Kier molecular flexibility index (Phi) is 9.60. The third-order valence-corrected chi connectivity index (χ3v) is 9.79. The van der Waals surface area contributed by atoms with Gasteiger partial charge in [0.05, 0.1) is 25.5 Å². The summed E-state index contributed by atoms with van der Waals surface area (Å²) in [5, 5.41) is 59.3. The molecule has 0 bridgehead atoms. The van der Waals surface area contributed by atoms with Crippen LogP contribution in [0.3, 0.4) is 0 Å². The van der Waals surface area contributed by atoms with E-state index < -0.39 is 89.0 Å². The maximum absolute atomic E-state index is 12.7. The molecule has 226 valence electrons. The molecular formula is C18H28N4O15P2S. The first-order valence-electron chi connectivity index (χ1n) is 11.4. The maximum Gasteiger partial charge on any atom is 0.482 e. The Balaban J connectivity index is 1.38. The molecule has 0 radical (unpaired) electrons. The predicted molar refractivity (Wildman–Crippen MR) is 132 cm³/mol. The van der Waals surface area contributed by atoms with Gasteiger partial charge in [-0.2, -0.15) is 4.31 Å². The lowest BCUT2D eigenvalue weighted by molar-refractivity contribution is -0.292. The van der Waals surface area contributed by atoms with E-state index in [9.17, 15) is 39.6 Å². The van der Waals surface area contributed by atoms with E-state index in [1.54, 1.807) is 0 Å². The minimum atomic E-state index is -5.45. The number of aromatic nitrogens is 2. The van der Waals surface area contributed by atoms with Crippen molar-refractivity contribution in [3.05, 3.63) is 18.2 Å². The molecule has 0 aromatic carbocycles. The lowest BCUT2D eigenvalue weighted by atomic mass is 9.96. The molecule has 2 aromatic rings. The molecule has 4 heterocycles. The summed E-state index contributed by atoms with van der Waals surface area (Å²) in [6, 6.07) is -1.12. The third kappa shape index (κ3) is 6.52. The zero-order valence-electron chi connectivity index (χ0n) is 20.1. The third-order valence-electron chi connectivity index (χ3n) is 6.19. The van der Waals surface area contributed by atoms with Crippen LogP contribution in [-0.2, 0) is 32.0 Å². The van der Waals surface area contributed by atoms with Crippen molar-refractivity contribution in [1.82, 2.24) is 9.97 Å². The van der Waals surface area contributed by atoms with Crippen LogP contribution in [0.15, 0.2) is 17.0 Å². The number of aliphatic hydroxyl groups is 6. The van der Waals surface area contributed by atoms with E-state index in [0.29, 0.717) is 0 Å². The summed E-state index contributed by atoms with van der Waals surface area (Å²) in [5.74, 6) is 0.0497. The number of nitrogens with two attached hydrogens (primary N) is 2. The summed E-state index contributed by atoms with van der Waals surface area (Å²) in [4.78, 5) is 17.9. The van der Waals surface area contributed by atoms with Crippen LogP contribution < -0.4 is 11.5 Å². The number of fused-ring (bicyclic) bond motifs is 1. The number of phosphoric ester groups is 1. The Bertz CT molecular complexity index is 1290. The standard InChI is InChI=1S/C18H28N4O15P2S/c19-8-7(34-14(10(8)25)5-2-32-16-9(5)21-4-22-17(16)20)3-33-39(31,40)37-38(29,30)36-18-13(28)11(26)12(27)15(35-18)6(24)1-23/h2,4,6-8,10-15,18,23-28H,1,3,19H2,(H,29,30)(H,31,40)(H2,20,21,22)/t6-,7+,8+,10+,11?,12?,13?,14-,15?,18?,39?/m0/s1. The number of aliphatic hydroxyl groups excluding tert-OH is 6. The summed E-state index contributed by atoms with van der Waals surface area (Å²) >= 11 is 3.61. The van der Waals surface area contributed by atoms with Gasteiger partial charge in [0.15, 0.2) is 17.7 Å². The average Bonchev–Trinajstić information content (AvgIpc) is 3.43. The second-order valence-corrected chi connectivity index (χ2v) is 13.4. The van der Waals surface area contributed by atoms with Crippen LogP contribution in [0.25, 0.3) is 11.1 Å². The van der Waals surface area contributed by atoms with E-state index in [1.807, 2.05) is 0 Å². The first-order chi connectivity index (χ1) is 18.7. The number of nitrogen functional groups attached to an aromatic ring is 1. The molecule has 2 aromatic heterocycles. The largest absolute Gasteiger partial charge is 0.482 e. The van der Waals surface area contributed by atoms with Crippen LogP contribution in [-0.4, -0.2) is 114 Å². The van der Waals surface area contributed by atoms with E-state index in [0.717, 1.165) is 0 Å². The number of rotatable bonds is 10. The van der Waals surface area contributed by atoms with Crippen molar-refractivity contribution in [3.63, 3.8) is 0 Å². The Hall–Kier alpha value is -1.29. The number of furan rings is 1. The molecule has 2 aliphatic heterocycles. The van der Waals surface area contributed by atoms with Crippen molar-refractivity contribution in [2.45, 2.75) is 61.2 Å². The fraction of sp³-hybridized carbons (Fsp3) is 0.667. The fourth-order valence-electron chi connectivity index (χ4n) is 4.13. The van der Waals surface area contributed by atoms with Gasteiger partial charge in [0.2, 0.25) is 0 Å². The summed E-state index contributed by atoms with van der Waals surface area (Å²) in [6.45, 7) is -6.35. The topological polar surface area (TPSA) is 313 Å². The zero-order valence-corrected chi connectivity index (χ0v) is 22.8. The van der Waals surface area contributed by atoms with Crippen LogP contribution >= 0.6 is 26.9 Å². The molecule has 7 unspecified atom stereocenters.